The van der Waals surface area contributed by atoms with E-state index in [1.807, 2.05) is 6.92 Å². The van der Waals surface area contributed by atoms with Crippen LogP contribution in [0.1, 0.15) is 32.3 Å². The molecule has 1 aromatic rings. The van der Waals surface area contributed by atoms with Gasteiger partial charge in [0.25, 0.3) is 0 Å². The maximum Gasteiger partial charge on any atom is 0.246 e. The lowest BCUT2D eigenvalue weighted by Crippen LogP contribution is -2.61. The maximum atomic E-state index is 13.7. The Balaban J connectivity index is 2.25. The van der Waals surface area contributed by atoms with Crippen molar-refractivity contribution < 1.29 is 18.4 Å². The van der Waals surface area contributed by atoms with Crippen LogP contribution in [0.15, 0.2) is 18.2 Å². The highest BCUT2D eigenvalue weighted by Crippen LogP contribution is 2.19. The van der Waals surface area contributed by atoms with Crippen molar-refractivity contribution >= 4 is 11.8 Å². The second-order valence-corrected chi connectivity index (χ2v) is 5.23. The molecule has 0 saturated carbocycles. The molecule has 0 aromatic heterocycles. The zero-order valence-corrected chi connectivity index (χ0v) is 12.0. The molecular formula is C15H18F2N2O2. The number of halogens is 2. The van der Waals surface area contributed by atoms with Crippen LogP contribution in [0.3, 0.4) is 0 Å². The number of carbonyl (C=O) groups excluding carboxylic acids is 2. The second-order valence-electron chi connectivity index (χ2n) is 5.23. The first-order valence-electron chi connectivity index (χ1n) is 6.98. The van der Waals surface area contributed by atoms with Crippen LogP contribution in [0.4, 0.5) is 8.78 Å². The normalized spacial score (nSPS) is 22.4. The van der Waals surface area contributed by atoms with Crippen molar-refractivity contribution in [1.82, 2.24) is 10.2 Å². The summed E-state index contributed by atoms with van der Waals surface area (Å²) in [6.45, 7) is 3.37. The fourth-order valence-corrected chi connectivity index (χ4v) is 2.43. The van der Waals surface area contributed by atoms with Crippen molar-refractivity contribution in [1.29, 1.82) is 0 Å². The number of nitrogens with one attached hydrogen (secondary N) is 1. The number of nitrogens with zero attached hydrogens (tertiary/aromatic N) is 1. The first kappa shape index (κ1) is 15.4. The quantitative estimate of drug-likeness (QED) is 0.923. The fourth-order valence-electron chi connectivity index (χ4n) is 2.43. The Morgan fingerprint density at radius 3 is 2.67 bits per heavy atom. The molecule has 0 aliphatic carbocycles. The number of piperazine rings is 1. The van der Waals surface area contributed by atoms with Gasteiger partial charge in [0.2, 0.25) is 11.8 Å². The van der Waals surface area contributed by atoms with E-state index in [4.69, 9.17) is 0 Å². The molecule has 1 fully saturated rings. The molecule has 0 bridgehead atoms. The zero-order valence-electron chi connectivity index (χ0n) is 12.0. The minimum absolute atomic E-state index is 0.0696. The topological polar surface area (TPSA) is 49.4 Å². The van der Waals surface area contributed by atoms with Gasteiger partial charge in [-0.1, -0.05) is 13.3 Å². The van der Waals surface area contributed by atoms with Gasteiger partial charge in [-0.25, -0.2) is 8.78 Å². The van der Waals surface area contributed by atoms with Crippen LogP contribution in [0.5, 0.6) is 0 Å². The summed E-state index contributed by atoms with van der Waals surface area (Å²) in [6, 6.07) is 1.81. The van der Waals surface area contributed by atoms with E-state index in [1.54, 1.807) is 6.92 Å². The molecule has 2 rings (SSSR count). The van der Waals surface area contributed by atoms with E-state index in [2.05, 4.69) is 5.32 Å². The summed E-state index contributed by atoms with van der Waals surface area (Å²) >= 11 is 0. The van der Waals surface area contributed by atoms with Gasteiger partial charge >= 0.3 is 0 Å². The smallest absolute Gasteiger partial charge is 0.246 e. The largest absolute Gasteiger partial charge is 0.343 e. The Labute approximate surface area is 122 Å². The number of hydrogen-bond donors (Lipinski definition) is 1. The monoisotopic (exact) mass is 296 g/mol. The molecule has 1 aromatic carbocycles. The minimum atomic E-state index is -0.701. The van der Waals surface area contributed by atoms with Gasteiger partial charge in [-0.3, -0.25) is 9.59 Å². The zero-order chi connectivity index (χ0) is 15.6. The molecule has 0 radical (unpaired) electrons. The number of hydrogen-bond acceptors (Lipinski definition) is 2. The lowest BCUT2D eigenvalue weighted by molar-refractivity contribution is -0.149. The van der Waals surface area contributed by atoms with Gasteiger partial charge in [0, 0.05) is 12.1 Å². The molecule has 4 nitrogen and oxygen atoms in total. The average molecular weight is 296 g/mol. The van der Waals surface area contributed by atoms with Crippen molar-refractivity contribution in [3.05, 3.63) is 35.4 Å². The highest BCUT2D eigenvalue weighted by molar-refractivity contribution is 5.96. The first-order valence-corrected chi connectivity index (χ1v) is 6.98. The standard InChI is InChI=1S/C15H18F2N2O2/c1-3-4-13-15(21)19(9(2)14(20)18-13)8-10-7-11(16)5-6-12(10)17/h5-7,9,13H,3-4,8H2,1-2H3,(H,18,20). The van der Waals surface area contributed by atoms with Crippen molar-refractivity contribution in [3.63, 3.8) is 0 Å². The average Bonchev–Trinajstić information content (AvgIpc) is 2.44. The van der Waals surface area contributed by atoms with Gasteiger partial charge in [0.05, 0.1) is 0 Å². The molecule has 2 amide bonds. The van der Waals surface area contributed by atoms with Gasteiger partial charge in [0.15, 0.2) is 0 Å². The SMILES string of the molecule is CCCC1NC(=O)C(C)N(Cc2cc(F)ccc2F)C1=O. The van der Waals surface area contributed by atoms with Crippen LogP contribution in [-0.4, -0.2) is 28.8 Å². The number of benzene rings is 1. The Kier molecular flexibility index (Phi) is 4.55. The predicted octanol–water partition coefficient (Wildman–Crippen LogP) is 1.98. The summed E-state index contributed by atoms with van der Waals surface area (Å²) < 4.78 is 26.9. The molecule has 0 spiro atoms. The number of amides is 2. The molecule has 21 heavy (non-hydrogen) atoms. The van der Waals surface area contributed by atoms with E-state index >= 15 is 0 Å². The third kappa shape index (κ3) is 3.20. The van der Waals surface area contributed by atoms with Gasteiger partial charge in [0.1, 0.15) is 23.7 Å². The van der Waals surface area contributed by atoms with Crippen LogP contribution in [0, 0.1) is 11.6 Å². The summed E-state index contributed by atoms with van der Waals surface area (Å²) in [5.41, 5.74) is 0.0696. The minimum Gasteiger partial charge on any atom is -0.343 e. The van der Waals surface area contributed by atoms with E-state index < -0.39 is 23.7 Å². The van der Waals surface area contributed by atoms with Crippen LogP contribution in [-0.2, 0) is 16.1 Å². The molecule has 2 atom stereocenters. The third-order valence-corrected chi connectivity index (χ3v) is 3.67. The summed E-state index contributed by atoms with van der Waals surface area (Å²) in [5, 5.41) is 2.66. The molecule has 1 N–H and O–H groups in total. The molecule has 1 aliphatic rings. The fraction of sp³-hybridized carbons (Fsp3) is 0.467. The van der Waals surface area contributed by atoms with Crippen molar-refractivity contribution in [2.45, 2.75) is 45.3 Å². The predicted molar refractivity (Wildman–Crippen MR) is 73.2 cm³/mol. The second kappa shape index (κ2) is 6.20. The van der Waals surface area contributed by atoms with Crippen molar-refractivity contribution in [2.75, 3.05) is 0 Å². The van der Waals surface area contributed by atoms with Crippen LogP contribution in [0.25, 0.3) is 0 Å². The summed E-state index contributed by atoms with van der Waals surface area (Å²) in [7, 11) is 0. The molecule has 114 valence electrons. The lowest BCUT2D eigenvalue weighted by Gasteiger charge is -2.37. The third-order valence-electron chi connectivity index (χ3n) is 3.67. The highest BCUT2D eigenvalue weighted by atomic mass is 19.1. The first-order chi connectivity index (χ1) is 9.93. The van der Waals surface area contributed by atoms with E-state index in [0.29, 0.717) is 6.42 Å². The van der Waals surface area contributed by atoms with Crippen LogP contribution in [0.2, 0.25) is 0 Å². The summed E-state index contributed by atoms with van der Waals surface area (Å²) in [6.07, 6.45) is 1.27. The van der Waals surface area contributed by atoms with E-state index in [0.717, 1.165) is 24.6 Å². The van der Waals surface area contributed by atoms with Crippen molar-refractivity contribution in [2.24, 2.45) is 0 Å². The van der Waals surface area contributed by atoms with Gasteiger partial charge < -0.3 is 10.2 Å². The van der Waals surface area contributed by atoms with E-state index in [9.17, 15) is 18.4 Å². The Hall–Kier alpha value is -1.98. The van der Waals surface area contributed by atoms with Crippen molar-refractivity contribution in [3.8, 4) is 0 Å². The lowest BCUT2D eigenvalue weighted by atomic mass is 10.0. The van der Waals surface area contributed by atoms with E-state index in [1.165, 1.54) is 4.90 Å². The summed E-state index contributed by atoms with van der Waals surface area (Å²) in [5.74, 6) is -1.69. The molecule has 1 heterocycles. The number of carbonyl (C=O) groups is 2. The Bertz CT molecular complexity index is 563. The van der Waals surface area contributed by atoms with Gasteiger partial charge in [-0.2, -0.15) is 0 Å². The van der Waals surface area contributed by atoms with Crippen LogP contribution >= 0.6 is 0 Å². The Morgan fingerprint density at radius 2 is 2.00 bits per heavy atom. The molecule has 1 saturated heterocycles. The number of rotatable bonds is 4. The summed E-state index contributed by atoms with van der Waals surface area (Å²) in [4.78, 5) is 25.6. The molecule has 2 unspecified atom stereocenters. The molecule has 1 aliphatic heterocycles. The van der Waals surface area contributed by atoms with Gasteiger partial charge in [-0.15, -0.1) is 0 Å². The van der Waals surface area contributed by atoms with E-state index in [-0.39, 0.29) is 23.9 Å². The molecule has 6 heteroatoms. The van der Waals surface area contributed by atoms with Crippen LogP contribution < -0.4 is 5.32 Å². The van der Waals surface area contributed by atoms with Gasteiger partial charge in [-0.05, 0) is 31.5 Å². The molecular weight excluding hydrogens is 278 g/mol. The Morgan fingerprint density at radius 1 is 1.29 bits per heavy atom. The highest BCUT2D eigenvalue weighted by Gasteiger charge is 2.37. The maximum absolute atomic E-state index is 13.7.